The van der Waals surface area contributed by atoms with Crippen molar-refractivity contribution in [3.05, 3.63) is 71.1 Å². The second kappa shape index (κ2) is 10.5. The van der Waals surface area contributed by atoms with Gasteiger partial charge in [0.2, 0.25) is 10.0 Å². The maximum absolute atomic E-state index is 14.4. The van der Waals surface area contributed by atoms with Crippen molar-refractivity contribution in [2.75, 3.05) is 37.7 Å². The van der Waals surface area contributed by atoms with Crippen molar-refractivity contribution in [2.45, 2.75) is 25.3 Å². The van der Waals surface area contributed by atoms with Crippen LogP contribution in [0.15, 0.2) is 47.4 Å². The second-order valence-electron chi connectivity index (χ2n) is 8.88. The third-order valence-corrected chi connectivity index (χ3v) is 9.16. The first-order valence-electron chi connectivity index (χ1n) is 11.9. The molecule has 1 saturated heterocycles. The average molecular weight is 562 g/mol. The van der Waals surface area contributed by atoms with Crippen molar-refractivity contribution < 1.29 is 26.7 Å². The summed E-state index contributed by atoms with van der Waals surface area (Å²) in [5.74, 6) is -2.00. The molecule has 1 amide bonds. The van der Waals surface area contributed by atoms with Crippen molar-refractivity contribution >= 4 is 42.6 Å². The number of anilines is 1. The summed E-state index contributed by atoms with van der Waals surface area (Å²) in [6.45, 7) is 5.43. The van der Waals surface area contributed by atoms with Gasteiger partial charge in [-0.3, -0.25) is 14.4 Å². The number of carbonyl (C=O) groups is 1. The number of amides is 1. The fourth-order valence-corrected chi connectivity index (χ4v) is 6.74. The van der Waals surface area contributed by atoms with E-state index in [-0.39, 0.29) is 45.4 Å². The van der Waals surface area contributed by atoms with Crippen LogP contribution in [0.2, 0.25) is 0 Å². The first-order chi connectivity index (χ1) is 18.1. The molecule has 38 heavy (non-hydrogen) atoms. The molecule has 13 heteroatoms. The number of sulfonamides is 1. The number of rotatable bonds is 7. The molecule has 0 saturated carbocycles. The number of nitrogens with zero attached hydrogens (tertiary/aromatic N) is 5. The van der Waals surface area contributed by atoms with E-state index in [4.69, 9.17) is 4.74 Å². The monoisotopic (exact) mass is 561 g/mol. The second-order valence-corrected chi connectivity index (χ2v) is 11.8. The number of hydrogen-bond donors (Lipinski definition) is 0. The van der Waals surface area contributed by atoms with Crippen LogP contribution in [-0.2, 0) is 21.3 Å². The van der Waals surface area contributed by atoms with E-state index in [2.05, 4.69) is 10.1 Å². The standard InChI is InChI=1S/C25H25F2N5O4S2/c1-16-13-17(2)32(29-16)8-7-31(25-28-23-21(27)14-19(26)15-22(23)37-25)24(33)18-3-5-20(6-4-18)38(34,35)30-9-11-36-12-10-30/h3-6,13-15H,7-12H2,1-2H3. The number of thiazole rings is 1. The summed E-state index contributed by atoms with van der Waals surface area (Å²) in [5, 5.41) is 4.63. The van der Waals surface area contributed by atoms with Gasteiger partial charge in [-0.2, -0.15) is 9.40 Å². The van der Waals surface area contributed by atoms with Gasteiger partial charge in [0, 0.05) is 37.0 Å². The lowest BCUT2D eigenvalue weighted by molar-refractivity contribution is 0.0730. The molecule has 0 N–H and O–H groups in total. The summed E-state index contributed by atoms with van der Waals surface area (Å²) in [6.07, 6.45) is 0. The minimum Gasteiger partial charge on any atom is -0.379 e. The van der Waals surface area contributed by atoms with E-state index < -0.39 is 27.6 Å². The maximum atomic E-state index is 14.4. The number of aromatic nitrogens is 3. The van der Waals surface area contributed by atoms with Crippen LogP contribution in [0.4, 0.5) is 13.9 Å². The summed E-state index contributed by atoms with van der Waals surface area (Å²) in [4.78, 5) is 19.4. The zero-order chi connectivity index (χ0) is 27.0. The van der Waals surface area contributed by atoms with Gasteiger partial charge in [-0.25, -0.2) is 22.2 Å². The zero-order valence-corrected chi connectivity index (χ0v) is 22.4. The Balaban J connectivity index is 1.46. The van der Waals surface area contributed by atoms with Gasteiger partial charge in [-0.1, -0.05) is 11.3 Å². The minimum absolute atomic E-state index is 0.0257. The van der Waals surface area contributed by atoms with Crippen molar-refractivity contribution in [2.24, 2.45) is 0 Å². The van der Waals surface area contributed by atoms with Crippen LogP contribution in [0, 0.1) is 25.5 Å². The van der Waals surface area contributed by atoms with Crippen molar-refractivity contribution in [3.8, 4) is 0 Å². The Morgan fingerprint density at radius 3 is 2.47 bits per heavy atom. The first-order valence-corrected chi connectivity index (χ1v) is 14.2. The average Bonchev–Trinajstić information content (AvgIpc) is 3.46. The van der Waals surface area contributed by atoms with Gasteiger partial charge in [-0.15, -0.1) is 0 Å². The number of aryl methyl sites for hydroxylation is 2. The van der Waals surface area contributed by atoms with Gasteiger partial charge in [0.25, 0.3) is 5.91 Å². The van der Waals surface area contributed by atoms with E-state index in [9.17, 15) is 22.0 Å². The van der Waals surface area contributed by atoms with Gasteiger partial charge in [0.15, 0.2) is 10.9 Å². The Morgan fingerprint density at radius 1 is 1.11 bits per heavy atom. The van der Waals surface area contributed by atoms with Gasteiger partial charge < -0.3 is 4.74 Å². The molecule has 1 aliphatic heterocycles. The van der Waals surface area contributed by atoms with Crippen LogP contribution in [0.25, 0.3) is 10.2 Å². The third kappa shape index (κ3) is 5.19. The van der Waals surface area contributed by atoms with Crippen LogP contribution in [0.5, 0.6) is 0 Å². The van der Waals surface area contributed by atoms with Crippen LogP contribution in [-0.4, -0.2) is 66.2 Å². The van der Waals surface area contributed by atoms with Gasteiger partial charge in [0.1, 0.15) is 11.3 Å². The molecule has 0 atom stereocenters. The SMILES string of the molecule is Cc1cc(C)n(CCN(C(=O)c2ccc(S(=O)(=O)N3CCOCC3)cc2)c2nc3c(F)cc(F)cc3s2)n1. The molecule has 0 bridgehead atoms. The summed E-state index contributed by atoms with van der Waals surface area (Å²) >= 11 is 0.997. The number of fused-ring (bicyclic) bond motifs is 1. The first kappa shape index (κ1) is 26.4. The Kier molecular flexibility index (Phi) is 7.27. The number of carbonyl (C=O) groups excluding carboxylic acids is 1. The lowest BCUT2D eigenvalue weighted by Gasteiger charge is -2.26. The quantitative estimate of drug-likeness (QED) is 0.341. The Labute approximate surface area is 222 Å². The van der Waals surface area contributed by atoms with E-state index in [0.29, 0.717) is 19.8 Å². The van der Waals surface area contributed by atoms with Crippen LogP contribution >= 0.6 is 11.3 Å². The number of benzene rings is 2. The van der Waals surface area contributed by atoms with E-state index in [1.54, 1.807) is 4.68 Å². The molecule has 2 aromatic carbocycles. The molecule has 4 aromatic rings. The summed E-state index contributed by atoms with van der Waals surface area (Å²) < 4.78 is 62.7. The van der Waals surface area contributed by atoms with Crippen molar-refractivity contribution in [1.29, 1.82) is 0 Å². The number of morpholine rings is 1. The van der Waals surface area contributed by atoms with Crippen LogP contribution < -0.4 is 4.90 Å². The summed E-state index contributed by atoms with van der Waals surface area (Å²) in [7, 11) is -3.72. The van der Waals surface area contributed by atoms with E-state index in [1.165, 1.54) is 39.5 Å². The molecule has 0 spiro atoms. The normalized spacial score (nSPS) is 14.7. The minimum atomic E-state index is -3.72. The molecule has 0 aliphatic carbocycles. The van der Waals surface area contributed by atoms with E-state index in [1.807, 2.05) is 19.9 Å². The lowest BCUT2D eigenvalue weighted by atomic mass is 10.2. The highest BCUT2D eigenvalue weighted by Gasteiger charge is 2.28. The summed E-state index contributed by atoms with van der Waals surface area (Å²) in [6, 6.07) is 9.51. The molecule has 0 unspecified atom stereocenters. The zero-order valence-electron chi connectivity index (χ0n) is 20.7. The molecule has 200 valence electrons. The fourth-order valence-electron chi connectivity index (χ4n) is 4.30. The van der Waals surface area contributed by atoms with Crippen LogP contribution in [0.3, 0.4) is 0 Å². The maximum Gasteiger partial charge on any atom is 0.260 e. The Morgan fingerprint density at radius 2 is 1.82 bits per heavy atom. The van der Waals surface area contributed by atoms with E-state index in [0.717, 1.165) is 28.8 Å². The highest BCUT2D eigenvalue weighted by molar-refractivity contribution is 7.89. The highest BCUT2D eigenvalue weighted by atomic mass is 32.2. The molecule has 1 aliphatic rings. The Hall–Kier alpha value is -3.26. The molecule has 0 radical (unpaired) electrons. The smallest absolute Gasteiger partial charge is 0.260 e. The van der Waals surface area contributed by atoms with Crippen molar-refractivity contribution in [1.82, 2.24) is 19.1 Å². The number of halogens is 2. The molecule has 1 fully saturated rings. The molecular formula is C25H25F2N5O4S2. The van der Waals surface area contributed by atoms with Gasteiger partial charge >= 0.3 is 0 Å². The fraction of sp³-hybridized carbons (Fsp3) is 0.320. The lowest BCUT2D eigenvalue weighted by Crippen LogP contribution is -2.40. The topological polar surface area (TPSA) is 97.6 Å². The molecule has 3 heterocycles. The predicted molar refractivity (Wildman–Crippen MR) is 139 cm³/mol. The molecular weight excluding hydrogens is 536 g/mol. The highest BCUT2D eigenvalue weighted by Crippen LogP contribution is 2.32. The molecule has 2 aromatic heterocycles. The largest absolute Gasteiger partial charge is 0.379 e. The number of hydrogen-bond acceptors (Lipinski definition) is 7. The molecule has 9 nitrogen and oxygen atoms in total. The van der Waals surface area contributed by atoms with Crippen LogP contribution in [0.1, 0.15) is 21.7 Å². The molecule has 5 rings (SSSR count). The van der Waals surface area contributed by atoms with E-state index >= 15 is 0 Å². The Bertz CT molecular complexity index is 1600. The predicted octanol–water partition coefficient (Wildman–Crippen LogP) is 3.76. The van der Waals surface area contributed by atoms with Gasteiger partial charge in [0.05, 0.1) is 35.0 Å². The van der Waals surface area contributed by atoms with Crippen molar-refractivity contribution in [3.63, 3.8) is 0 Å². The van der Waals surface area contributed by atoms with Gasteiger partial charge in [-0.05, 0) is 50.2 Å². The summed E-state index contributed by atoms with van der Waals surface area (Å²) in [5.41, 5.74) is 1.94. The number of ether oxygens (including phenoxy) is 1. The third-order valence-electron chi connectivity index (χ3n) is 6.23.